The van der Waals surface area contributed by atoms with E-state index in [2.05, 4.69) is 13.8 Å². The Balaban J connectivity index is 2.31. The zero-order valence-corrected chi connectivity index (χ0v) is 7.58. The molecule has 2 unspecified atom stereocenters. The van der Waals surface area contributed by atoms with Gasteiger partial charge in [0.05, 0.1) is 0 Å². The molecule has 1 heterocycles. The lowest BCUT2D eigenvalue weighted by molar-refractivity contribution is -0.127. The van der Waals surface area contributed by atoms with Gasteiger partial charge in [0.25, 0.3) is 0 Å². The summed E-state index contributed by atoms with van der Waals surface area (Å²) in [5, 5.41) is 10.7. The molecular formula is C9H19NO. The Labute approximate surface area is 69.2 Å². The van der Waals surface area contributed by atoms with Gasteiger partial charge in [0.2, 0.25) is 0 Å². The van der Waals surface area contributed by atoms with Crippen molar-refractivity contribution in [3.63, 3.8) is 0 Å². The average molecular weight is 157 g/mol. The van der Waals surface area contributed by atoms with Crippen molar-refractivity contribution in [1.82, 2.24) is 5.06 Å². The Morgan fingerprint density at radius 2 is 2.27 bits per heavy atom. The van der Waals surface area contributed by atoms with Gasteiger partial charge in [-0.3, -0.25) is 0 Å². The highest BCUT2D eigenvalue weighted by molar-refractivity contribution is 4.73. The van der Waals surface area contributed by atoms with Gasteiger partial charge in [0.1, 0.15) is 0 Å². The summed E-state index contributed by atoms with van der Waals surface area (Å²) in [5.74, 6) is 1.53. The number of nitrogens with zero attached hydrogens (tertiary/aromatic N) is 1. The highest BCUT2D eigenvalue weighted by Gasteiger charge is 2.23. The molecule has 0 aliphatic carbocycles. The van der Waals surface area contributed by atoms with Gasteiger partial charge >= 0.3 is 0 Å². The summed E-state index contributed by atoms with van der Waals surface area (Å²) in [6.07, 6.45) is 3.78. The topological polar surface area (TPSA) is 23.5 Å². The fraction of sp³-hybridized carbons (Fsp3) is 1.00. The summed E-state index contributed by atoms with van der Waals surface area (Å²) >= 11 is 0. The van der Waals surface area contributed by atoms with Crippen LogP contribution in [0, 0.1) is 11.8 Å². The van der Waals surface area contributed by atoms with Crippen molar-refractivity contribution in [2.24, 2.45) is 11.8 Å². The SMILES string of the molecule is CCCC1CCN(O)CC1C. The monoisotopic (exact) mass is 157 g/mol. The van der Waals surface area contributed by atoms with E-state index in [0.29, 0.717) is 5.92 Å². The fourth-order valence-electron chi connectivity index (χ4n) is 1.97. The minimum absolute atomic E-state index is 0.675. The molecule has 1 rings (SSSR count). The first-order valence-electron chi connectivity index (χ1n) is 4.67. The van der Waals surface area contributed by atoms with Crippen LogP contribution in [-0.4, -0.2) is 23.4 Å². The van der Waals surface area contributed by atoms with E-state index in [4.69, 9.17) is 0 Å². The maximum absolute atomic E-state index is 9.20. The van der Waals surface area contributed by atoms with Crippen molar-refractivity contribution in [2.75, 3.05) is 13.1 Å². The Hall–Kier alpha value is -0.0800. The van der Waals surface area contributed by atoms with Crippen LogP contribution in [0.5, 0.6) is 0 Å². The lowest BCUT2D eigenvalue weighted by Crippen LogP contribution is -2.36. The molecule has 0 spiro atoms. The minimum Gasteiger partial charge on any atom is -0.314 e. The van der Waals surface area contributed by atoms with Gasteiger partial charge in [-0.2, -0.15) is 5.06 Å². The fourth-order valence-corrected chi connectivity index (χ4v) is 1.97. The third-order valence-corrected chi connectivity index (χ3v) is 2.72. The molecule has 66 valence electrons. The van der Waals surface area contributed by atoms with Gasteiger partial charge in [-0.05, 0) is 18.3 Å². The third-order valence-electron chi connectivity index (χ3n) is 2.72. The van der Waals surface area contributed by atoms with Gasteiger partial charge in [0.15, 0.2) is 0 Å². The van der Waals surface area contributed by atoms with Crippen molar-refractivity contribution in [2.45, 2.75) is 33.1 Å². The zero-order valence-electron chi connectivity index (χ0n) is 7.58. The molecule has 2 nitrogen and oxygen atoms in total. The maximum atomic E-state index is 9.20. The number of hydrogen-bond donors (Lipinski definition) is 1. The van der Waals surface area contributed by atoms with E-state index >= 15 is 0 Å². The van der Waals surface area contributed by atoms with Crippen LogP contribution in [-0.2, 0) is 0 Å². The van der Waals surface area contributed by atoms with Crippen LogP contribution >= 0.6 is 0 Å². The molecule has 2 atom stereocenters. The van der Waals surface area contributed by atoms with Crippen LogP contribution in [0.4, 0.5) is 0 Å². The normalized spacial score (nSPS) is 34.1. The highest BCUT2D eigenvalue weighted by Crippen LogP contribution is 2.25. The maximum Gasteiger partial charge on any atom is 0.0266 e. The van der Waals surface area contributed by atoms with Crippen LogP contribution in [0.25, 0.3) is 0 Å². The van der Waals surface area contributed by atoms with E-state index in [0.717, 1.165) is 19.0 Å². The first-order valence-corrected chi connectivity index (χ1v) is 4.67. The van der Waals surface area contributed by atoms with E-state index in [1.165, 1.54) is 24.3 Å². The molecule has 0 bridgehead atoms. The summed E-state index contributed by atoms with van der Waals surface area (Å²) in [6, 6.07) is 0. The Kier molecular flexibility index (Phi) is 3.34. The summed E-state index contributed by atoms with van der Waals surface area (Å²) in [4.78, 5) is 0. The molecule has 0 aromatic carbocycles. The summed E-state index contributed by atoms with van der Waals surface area (Å²) in [7, 11) is 0. The van der Waals surface area contributed by atoms with Crippen molar-refractivity contribution in [1.29, 1.82) is 0 Å². The summed E-state index contributed by atoms with van der Waals surface area (Å²) < 4.78 is 0. The standard InChI is InChI=1S/C9H19NO/c1-3-4-9-5-6-10(11)7-8(9)2/h8-9,11H,3-7H2,1-2H3. The number of hydroxylamine groups is 2. The molecule has 0 aromatic heterocycles. The van der Waals surface area contributed by atoms with Crippen molar-refractivity contribution in [3.05, 3.63) is 0 Å². The predicted octanol–water partition coefficient (Wildman–Crippen LogP) is 2.13. The number of hydrogen-bond acceptors (Lipinski definition) is 2. The molecular weight excluding hydrogens is 138 g/mol. The van der Waals surface area contributed by atoms with E-state index in [-0.39, 0.29) is 0 Å². The molecule has 1 fully saturated rings. The Bertz CT molecular complexity index is 116. The van der Waals surface area contributed by atoms with Crippen LogP contribution < -0.4 is 0 Å². The van der Waals surface area contributed by atoms with E-state index in [9.17, 15) is 5.21 Å². The summed E-state index contributed by atoms with van der Waals surface area (Å²) in [5.41, 5.74) is 0. The van der Waals surface area contributed by atoms with E-state index < -0.39 is 0 Å². The first kappa shape index (κ1) is 9.01. The molecule has 1 saturated heterocycles. The zero-order chi connectivity index (χ0) is 8.27. The van der Waals surface area contributed by atoms with Crippen molar-refractivity contribution >= 4 is 0 Å². The average Bonchev–Trinajstić information content (AvgIpc) is 1.95. The molecule has 11 heavy (non-hydrogen) atoms. The lowest BCUT2D eigenvalue weighted by atomic mass is 9.84. The van der Waals surface area contributed by atoms with Gasteiger partial charge in [0, 0.05) is 13.1 Å². The molecule has 0 amide bonds. The molecule has 1 N–H and O–H groups in total. The second-order valence-corrected chi connectivity index (χ2v) is 3.73. The van der Waals surface area contributed by atoms with Gasteiger partial charge in [-0.15, -0.1) is 0 Å². The second kappa shape index (κ2) is 4.07. The van der Waals surface area contributed by atoms with Gasteiger partial charge in [-0.1, -0.05) is 26.7 Å². The molecule has 0 radical (unpaired) electrons. The van der Waals surface area contributed by atoms with Crippen molar-refractivity contribution in [3.8, 4) is 0 Å². The largest absolute Gasteiger partial charge is 0.314 e. The number of piperidine rings is 1. The second-order valence-electron chi connectivity index (χ2n) is 3.73. The molecule has 2 heteroatoms. The summed E-state index contributed by atoms with van der Waals surface area (Å²) in [6.45, 7) is 6.21. The quantitative estimate of drug-likeness (QED) is 0.663. The highest BCUT2D eigenvalue weighted by atomic mass is 16.5. The number of rotatable bonds is 2. The van der Waals surface area contributed by atoms with Crippen LogP contribution in [0.2, 0.25) is 0 Å². The lowest BCUT2D eigenvalue weighted by Gasteiger charge is -2.33. The van der Waals surface area contributed by atoms with Crippen LogP contribution in [0.15, 0.2) is 0 Å². The van der Waals surface area contributed by atoms with Crippen LogP contribution in [0.3, 0.4) is 0 Å². The Morgan fingerprint density at radius 1 is 1.55 bits per heavy atom. The van der Waals surface area contributed by atoms with E-state index in [1.807, 2.05) is 0 Å². The van der Waals surface area contributed by atoms with E-state index in [1.54, 1.807) is 0 Å². The van der Waals surface area contributed by atoms with Gasteiger partial charge in [-0.25, -0.2) is 0 Å². The smallest absolute Gasteiger partial charge is 0.0266 e. The first-order chi connectivity index (χ1) is 5.24. The molecule has 1 aliphatic heterocycles. The predicted molar refractivity (Wildman–Crippen MR) is 45.5 cm³/mol. The molecule has 0 saturated carbocycles. The Morgan fingerprint density at radius 3 is 2.82 bits per heavy atom. The van der Waals surface area contributed by atoms with Crippen LogP contribution in [0.1, 0.15) is 33.1 Å². The molecule has 1 aliphatic rings. The molecule has 0 aromatic rings. The van der Waals surface area contributed by atoms with Gasteiger partial charge < -0.3 is 5.21 Å². The van der Waals surface area contributed by atoms with Crippen molar-refractivity contribution < 1.29 is 5.21 Å². The minimum atomic E-state index is 0.675. The third kappa shape index (κ3) is 2.46.